The van der Waals surface area contributed by atoms with E-state index in [1.54, 1.807) is 38.6 Å². The van der Waals surface area contributed by atoms with E-state index >= 15 is 0 Å². The van der Waals surface area contributed by atoms with Gasteiger partial charge in [-0.05, 0) is 42.0 Å². The van der Waals surface area contributed by atoms with Crippen LogP contribution in [0.15, 0.2) is 54.7 Å². The average Bonchev–Trinajstić information content (AvgIpc) is 2.76. The Morgan fingerprint density at radius 1 is 0.964 bits per heavy atom. The maximum atomic E-state index is 12.3. The molecule has 1 aromatic carbocycles. The number of methoxy groups -OCH3 is 2. The molecule has 28 heavy (non-hydrogen) atoms. The highest BCUT2D eigenvalue weighted by atomic mass is 16.5. The largest absolute Gasteiger partial charge is 0.493 e. The third-order valence-electron chi connectivity index (χ3n) is 3.97. The van der Waals surface area contributed by atoms with Crippen LogP contribution in [0, 0.1) is 0 Å². The number of pyridine rings is 1. The average molecular weight is 379 g/mol. The van der Waals surface area contributed by atoms with E-state index in [0.29, 0.717) is 30.4 Å². The fourth-order valence-corrected chi connectivity index (χ4v) is 2.49. The van der Waals surface area contributed by atoms with Crippen LogP contribution < -0.4 is 20.1 Å². The van der Waals surface area contributed by atoms with Crippen molar-refractivity contribution in [2.45, 2.75) is 13.1 Å². The van der Waals surface area contributed by atoms with Gasteiger partial charge < -0.3 is 20.1 Å². The summed E-state index contributed by atoms with van der Waals surface area (Å²) in [5, 5.41) is 13.9. The van der Waals surface area contributed by atoms with Gasteiger partial charge in [-0.1, -0.05) is 12.1 Å². The molecule has 0 aliphatic rings. The van der Waals surface area contributed by atoms with Crippen LogP contribution in [0.4, 0.5) is 5.82 Å². The van der Waals surface area contributed by atoms with Crippen molar-refractivity contribution < 1.29 is 14.3 Å². The summed E-state index contributed by atoms with van der Waals surface area (Å²) < 4.78 is 10.5. The fraction of sp³-hybridized carbons (Fsp3) is 0.200. The van der Waals surface area contributed by atoms with Gasteiger partial charge in [-0.3, -0.25) is 9.78 Å². The topological polar surface area (TPSA) is 98.3 Å². The van der Waals surface area contributed by atoms with Crippen LogP contribution in [-0.4, -0.2) is 35.3 Å². The van der Waals surface area contributed by atoms with Gasteiger partial charge in [0.15, 0.2) is 17.2 Å². The first-order valence-corrected chi connectivity index (χ1v) is 8.66. The van der Waals surface area contributed by atoms with Crippen molar-refractivity contribution in [3.05, 3.63) is 71.7 Å². The van der Waals surface area contributed by atoms with Crippen LogP contribution in [0.3, 0.4) is 0 Å². The molecule has 2 heterocycles. The summed E-state index contributed by atoms with van der Waals surface area (Å²) in [4.78, 5) is 16.5. The highest BCUT2D eigenvalue weighted by molar-refractivity contribution is 5.92. The second kappa shape index (κ2) is 9.31. The molecule has 2 aromatic heterocycles. The van der Waals surface area contributed by atoms with Gasteiger partial charge in [0, 0.05) is 12.7 Å². The van der Waals surface area contributed by atoms with Gasteiger partial charge in [-0.25, -0.2) is 0 Å². The maximum Gasteiger partial charge on any atom is 0.272 e. The van der Waals surface area contributed by atoms with Gasteiger partial charge in [0.2, 0.25) is 0 Å². The summed E-state index contributed by atoms with van der Waals surface area (Å²) in [6, 6.07) is 14.5. The molecule has 3 rings (SSSR count). The minimum absolute atomic E-state index is 0.240. The van der Waals surface area contributed by atoms with Gasteiger partial charge in [0.05, 0.1) is 26.5 Å². The number of hydrogen-bond acceptors (Lipinski definition) is 7. The Morgan fingerprint density at radius 3 is 2.50 bits per heavy atom. The molecule has 0 atom stereocenters. The van der Waals surface area contributed by atoms with Gasteiger partial charge in [0.1, 0.15) is 5.82 Å². The van der Waals surface area contributed by atoms with Crippen LogP contribution in [-0.2, 0) is 13.1 Å². The molecule has 0 aliphatic heterocycles. The minimum atomic E-state index is -0.307. The number of benzene rings is 1. The lowest BCUT2D eigenvalue weighted by Crippen LogP contribution is -2.24. The molecule has 1 amide bonds. The zero-order valence-electron chi connectivity index (χ0n) is 15.7. The highest BCUT2D eigenvalue weighted by Gasteiger charge is 2.10. The number of aromatic nitrogens is 3. The Labute approximate surface area is 162 Å². The fourth-order valence-electron chi connectivity index (χ4n) is 2.49. The quantitative estimate of drug-likeness (QED) is 0.620. The van der Waals surface area contributed by atoms with Crippen LogP contribution in [0.2, 0.25) is 0 Å². The maximum absolute atomic E-state index is 12.3. The second-order valence-corrected chi connectivity index (χ2v) is 5.85. The SMILES string of the molecule is COc1ccc(CNC(=O)c2ccc(NCc3ccccn3)nn2)cc1OC. The molecule has 0 radical (unpaired) electrons. The second-order valence-electron chi connectivity index (χ2n) is 5.85. The van der Waals surface area contributed by atoms with Crippen LogP contribution in [0.1, 0.15) is 21.7 Å². The summed E-state index contributed by atoms with van der Waals surface area (Å²) in [7, 11) is 3.14. The zero-order valence-corrected chi connectivity index (χ0v) is 15.7. The monoisotopic (exact) mass is 379 g/mol. The van der Waals surface area contributed by atoms with E-state index in [4.69, 9.17) is 9.47 Å². The Kier molecular flexibility index (Phi) is 6.35. The molecule has 0 fully saturated rings. The predicted molar refractivity (Wildman–Crippen MR) is 104 cm³/mol. The van der Waals surface area contributed by atoms with E-state index in [-0.39, 0.29) is 11.6 Å². The lowest BCUT2D eigenvalue weighted by molar-refractivity contribution is 0.0945. The summed E-state index contributed by atoms with van der Waals surface area (Å²) in [5.74, 6) is 1.51. The smallest absolute Gasteiger partial charge is 0.272 e. The van der Waals surface area contributed by atoms with E-state index in [9.17, 15) is 4.79 Å². The molecule has 3 aromatic rings. The molecule has 144 valence electrons. The Balaban J connectivity index is 1.54. The van der Waals surface area contributed by atoms with Crippen molar-refractivity contribution in [2.75, 3.05) is 19.5 Å². The molecular formula is C20H21N5O3. The third kappa shape index (κ3) is 4.94. The molecule has 0 saturated heterocycles. The van der Waals surface area contributed by atoms with Gasteiger partial charge in [-0.2, -0.15) is 0 Å². The number of nitrogens with one attached hydrogen (secondary N) is 2. The normalized spacial score (nSPS) is 10.2. The van der Waals surface area contributed by atoms with Crippen LogP contribution in [0.25, 0.3) is 0 Å². The molecule has 0 spiro atoms. The number of anilines is 1. The number of rotatable bonds is 8. The van der Waals surface area contributed by atoms with Gasteiger partial charge in [0.25, 0.3) is 5.91 Å². The zero-order chi connectivity index (χ0) is 19.8. The molecular weight excluding hydrogens is 358 g/mol. The Bertz CT molecular complexity index is 917. The van der Waals surface area contributed by atoms with E-state index in [0.717, 1.165) is 11.3 Å². The Morgan fingerprint density at radius 2 is 1.82 bits per heavy atom. The summed E-state index contributed by atoms with van der Waals surface area (Å²) >= 11 is 0. The molecule has 0 saturated carbocycles. The molecule has 2 N–H and O–H groups in total. The van der Waals surface area contributed by atoms with E-state index in [1.807, 2.05) is 30.3 Å². The van der Waals surface area contributed by atoms with Crippen molar-refractivity contribution in [3.63, 3.8) is 0 Å². The molecule has 8 heteroatoms. The third-order valence-corrected chi connectivity index (χ3v) is 3.97. The molecule has 8 nitrogen and oxygen atoms in total. The van der Waals surface area contributed by atoms with E-state index in [1.165, 1.54) is 0 Å². The summed E-state index contributed by atoms with van der Waals surface area (Å²) in [6.45, 7) is 0.862. The van der Waals surface area contributed by atoms with E-state index < -0.39 is 0 Å². The van der Waals surface area contributed by atoms with Crippen molar-refractivity contribution >= 4 is 11.7 Å². The number of nitrogens with zero attached hydrogens (tertiary/aromatic N) is 3. The summed E-state index contributed by atoms with van der Waals surface area (Å²) in [5.41, 5.74) is 2.01. The lowest BCUT2D eigenvalue weighted by Gasteiger charge is -2.10. The minimum Gasteiger partial charge on any atom is -0.493 e. The van der Waals surface area contributed by atoms with Crippen LogP contribution >= 0.6 is 0 Å². The first kappa shape index (κ1) is 19.1. The van der Waals surface area contributed by atoms with Crippen molar-refractivity contribution in [1.82, 2.24) is 20.5 Å². The lowest BCUT2D eigenvalue weighted by atomic mass is 10.2. The summed E-state index contributed by atoms with van der Waals surface area (Å²) in [6.07, 6.45) is 1.73. The molecule has 0 unspecified atom stereocenters. The number of hydrogen-bond donors (Lipinski definition) is 2. The number of carbonyl (C=O) groups is 1. The Hall–Kier alpha value is -3.68. The highest BCUT2D eigenvalue weighted by Crippen LogP contribution is 2.27. The van der Waals surface area contributed by atoms with Gasteiger partial charge in [-0.15, -0.1) is 10.2 Å². The first-order valence-electron chi connectivity index (χ1n) is 8.66. The first-order chi connectivity index (χ1) is 13.7. The molecule has 0 bridgehead atoms. The van der Waals surface area contributed by atoms with Crippen LogP contribution in [0.5, 0.6) is 11.5 Å². The van der Waals surface area contributed by atoms with Crippen molar-refractivity contribution in [2.24, 2.45) is 0 Å². The van der Waals surface area contributed by atoms with Crippen molar-refractivity contribution in [1.29, 1.82) is 0 Å². The standard InChI is InChI=1S/C20H21N5O3/c1-27-17-8-6-14(11-18(17)28-2)12-23-20(26)16-7-9-19(25-24-16)22-13-15-5-3-4-10-21-15/h3-11H,12-13H2,1-2H3,(H,22,25)(H,23,26). The predicted octanol–water partition coefficient (Wildman–Crippen LogP) is 2.43. The number of amides is 1. The van der Waals surface area contributed by atoms with E-state index in [2.05, 4.69) is 25.8 Å². The van der Waals surface area contributed by atoms with Crippen molar-refractivity contribution in [3.8, 4) is 11.5 Å². The number of carbonyl (C=O) groups excluding carboxylic acids is 1. The number of ether oxygens (including phenoxy) is 2. The molecule has 0 aliphatic carbocycles. The van der Waals surface area contributed by atoms with Gasteiger partial charge >= 0.3 is 0 Å².